The fourth-order valence-corrected chi connectivity index (χ4v) is 4.52. The lowest BCUT2D eigenvalue weighted by molar-refractivity contribution is 0.252. The molecule has 0 radical (unpaired) electrons. The summed E-state index contributed by atoms with van der Waals surface area (Å²) in [6.07, 6.45) is 5.69. The van der Waals surface area contributed by atoms with Gasteiger partial charge in [0.15, 0.2) is 0 Å². The van der Waals surface area contributed by atoms with Crippen molar-refractivity contribution >= 4 is 21.7 Å². The predicted octanol–water partition coefficient (Wildman–Crippen LogP) is 2.33. The summed E-state index contributed by atoms with van der Waals surface area (Å²) in [5, 5.41) is 5.43. The van der Waals surface area contributed by atoms with Crippen LogP contribution in [0.4, 0.5) is 10.5 Å². The minimum Gasteiger partial charge on any atom is -0.337 e. The van der Waals surface area contributed by atoms with Crippen molar-refractivity contribution in [1.29, 1.82) is 0 Å². The molecule has 0 unspecified atom stereocenters. The van der Waals surface area contributed by atoms with Crippen molar-refractivity contribution < 1.29 is 13.2 Å². The van der Waals surface area contributed by atoms with E-state index < -0.39 is 16.1 Å². The lowest BCUT2D eigenvalue weighted by Gasteiger charge is -2.16. The van der Waals surface area contributed by atoms with Crippen LogP contribution in [-0.4, -0.2) is 48.7 Å². The van der Waals surface area contributed by atoms with Crippen LogP contribution in [0.5, 0.6) is 0 Å². The molecule has 1 aromatic heterocycles. The van der Waals surface area contributed by atoms with Crippen LogP contribution in [-0.2, 0) is 10.0 Å². The van der Waals surface area contributed by atoms with E-state index in [0.717, 1.165) is 24.1 Å². The van der Waals surface area contributed by atoms with E-state index in [4.69, 9.17) is 0 Å². The van der Waals surface area contributed by atoms with E-state index in [1.807, 2.05) is 54.2 Å². The van der Waals surface area contributed by atoms with Crippen molar-refractivity contribution in [2.24, 2.45) is 0 Å². The number of carbonyl (C=O) groups excluding carboxylic acids is 1. The fraction of sp³-hybridized carbons (Fsp3) is 0.389. The van der Waals surface area contributed by atoms with E-state index in [-0.39, 0.29) is 12.3 Å². The first kappa shape index (κ1) is 18.5. The molecular weight excluding hydrogens is 352 g/mol. The minimum absolute atomic E-state index is 0.0805. The van der Waals surface area contributed by atoms with Crippen molar-refractivity contribution in [3.8, 4) is 5.69 Å². The molecule has 2 amide bonds. The number of urea groups is 1. The molecule has 26 heavy (non-hydrogen) atoms. The number of nitrogens with one attached hydrogen (secondary N) is 2. The van der Waals surface area contributed by atoms with Gasteiger partial charge in [-0.1, -0.05) is 6.07 Å². The number of amides is 2. The number of nitrogens with zero attached hydrogens (tertiary/aromatic N) is 2. The summed E-state index contributed by atoms with van der Waals surface area (Å²) in [5.74, 6) is -0.0805. The Labute approximate surface area is 154 Å². The van der Waals surface area contributed by atoms with Crippen LogP contribution in [0.3, 0.4) is 0 Å². The molecular formula is C18H24N4O3S. The molecule has 1 aromatic carbocycles. The van der Waals surface area contributed by atoms with Gasteiger partial charge in [0.05, 0.1) is 5.75 Å². The Bertz CT molecular complexity index is 857. The number of anilines is 1. The maximum absolute atomic E-state index is 12.2. The molecule has 8 heteroatoms. The third-order valence-electron chi connectivity index (χ3n) is 4.54. The monoisotopic (exact) mass is 376 g/mol. The summed E-state index contributed by atoms with van der Waals surface area (Å²) in [6, 6.07) is 9.13. The van der Waals surface area contributed by atoms with Crippen molar-refractivity contribution in [1.82, 2.24) is 14.2 Å². The number of hydrogen-bond acceptors (Lipinski definition) is 3. The minimum atomic E-state index is -3.29. The maximum Gasteiger partial charge on any atom is 0.319 e. The number of hydrogen-bond donors (Lipinski definition) is 2. The first-order chi connectivity index (χ1) is 12.5. The Morgan fingerprint density at radius 3 is 2.50 bits per heavy atom. The maximum atomic E-state index is 12.2. The summed E-state index contributed by atoms with van der Waals surface area (Å²) in [4.78, 5) is 12.1. The van der Waals surface area contributed by atoms with Crippen LogP contribution < -0.4 is 10.6 Å². The Kier molecular flexibility index (Phi) is 5.63. The lowest BCUT2D eigenvalue weighted by atomic mass is 10.1. The van der Waals surface area contributed by atoms with Gasteiger partial charge >= 0.3 is 6.03 Å². The molecule has 3 rings (SSSR count). The molecule has 2 aromatic rings. The number of benzene rings is 1. The first-order valence-electron chi connectivity index (χ1n) is 8.73. The lowest BCUT2D eigenvalue weighted by Crippen LogP contribution is -2.37. The molecule has 1 aliphatic heterocycles. The molecule has 7 nitrogen and oxygen atoms in total. The summed E-state index contributed by atoms with van der Waals surface area (Å²) < 4.78 is 27.8. The van der Waals surface area contributed by atoms with Crippen LogP contribution in [0.1, 0.15) is 18.4 Å². The molecule has 2 N–H and O–H groups in total. The molecule has 0 saturated carbocycles. The second kappa shape index (κ2) is 7.92. The second-order valence-electron chi connectivity index (χ2n) is 6.34. The van der Waals surface area contributed by atoms with Crippen molar-refractivity contribution in [3.05, 3.63) is 48.3 Å². The van der Waals surface area contributed by atoms with Gasteiger partial charge in [0, 0.05) is 43.4 Å². The van der Waals surface area contributed by atoms with Gasteiger partial charge in [-0.05, 0) is 49.6 Å². The largest absolute Gasteiger partial charge is 0.337 e. The molecule has 0 aliphatic carbocycles. The molecule has 140 valence electrons. The van der Waals surface area contributed by atoms with E-state index in [0.29, 0.717) is 18.8 Å². The van der Waals surface area contributed by atoms with E-state index >= 15 is 0 Å². The van der Waals surface area contributed by atoms with Gasteiger partial charge in [0.2, 0.25) is 10.0 Å². The predicted molar refractivity (Wildman–Crippen MR) is 102 cm³/mol. The van der Waals surface area contributed by atoms with Gasteiger partial charge in [0.25, 0.3) is 0 Å². The fourth-order valence-electron chi connectivity index (χ4n) is 3.09. The van der Waals surface area contributed by atoms with Gasteiger partial charge in [-0.25, -0.2) is 17.5 Å². The normalized spacial score (nSPS) is 15.1. The Morgan fingerprint density at radius 2 is 1.81 bits per heavy atom. The molecule has 1 aliphatic rings. The first-order valence-corrected chi connectivity index (χ1v) is 10.3. The zero-order valence-corrected chi connectivity index (χ0v) is 15.6. The van der Waals surface area contributed by atoms with Crippen LogP contribution >= 0.6 is 0 Å². The van der Waals surface area contributed by atoms with Crippen LogP contribution in [0.2, 0.25) is 0 Å². The molecule has 2 heterocycles. The highest BCUT2D eigenvalue weighted by Gasteiger charge is 2.24. The van der Waals surface area contributed by atoms with Gasteiger partial charge < -0.3 is 15.2 Å². The van der Waals surface area contributed by atoms with E-state index in [1.54, 1.807) is 0 Å². The van der Waals surface area contributed by atoms with E-state index in [2.05, 4.69) is 10.6 Å². The Morgan fingerprint density at radius 1 is 1.12 bits per heavy atom. The van der Waals surface area contributed by atoms with E-state index in [1.165, 1.54) is 4.31 Å². The second-order valence-corrected chi connectivity index (χ2v) is 8.43. The molecule has 0 spiro atoms. The van der Waals surface area contributed by atoms with Gasteiger partial charge in [-0.2, -0.15) is 0 Å². The van der Waals surface area contributed by atoms with Gasteiger partial charge in [0.1, 0.15) is 0 Å². The highest BCUT2D eigenvalue weighted by atomic mass is 32.2. The summed E-state index contributed by atoms with van der Waals surface area (Å²) >= 11 is 0. The Hall–Kier alpha value is -2.32. The smallest absolute Gasteiger partial charge is 0.319 e. The SMILES string of the molecule is Cc1c(NC(=O)NCCS(=O)(=O)N2CCCC2)cccc1-n1cccc1. The van der Waals surface area contributed by atoms with E-state index in [9.17, 15) is 13.2 Å². The summed E-state index contributed by atoms with van der Waals surface area (Å²) in [6.45, 7) is 3.18. The molecule has 1 fully saturated rings. The van der Waals surface area contributed by atoms with Crippen LogP contribution in [0.25, 0.3) is 5.69 Å². The number of sulfonamides is 1. The van der Waals surface area contributed by atoms with Crippen molar-refractivity contribution in [3.63, 3.8) is 0 Å². The van der Waals surface area contributed by atoms with Gasteiger partial charge in [-0.3, -0.25) is 0 Å². The molecule has 0 bridgehead atoms. The average molecular weight is 376 g/mol. The zero-order valence-electron chi connectivity index (χ0n) is 14.8. The van der Waals surface area contributed by atoms with Crippen LogP contribution in [0, 0.1) is 6.92 Å². The average Bonchev–Trinajstić information content (AvgIpc) is 3.30. The number of aromatic nitrogens is 1. The van der Waals surface area contributed by atoms with Crippen molar-refractivity contribution in [2.45, 2.75) is 19.8 Å². The topological polar surface area (TPSA) is 83.4 Å². The highest BCUT2D eigenvalue weighted by molar-refractivity contribution is 7.89. The third-order valence-corrected chi connectivity index (χ3v) is 6.41. The van der Waals surface area contributed by atoms with Crippen LogP contribution in [0.15, 0.2) is 42.7 Å². The summed E-state index contributed by atoms with van der Waals surface area (Å²) in [7, 11) is -3.29. The molecule has 1 saturated heterocycles. The van der Waals surface area contributed by atoms with Crippen molar-refractivity contribution in [2.75, 3.05) is 30.7 Å². The summed E-state index contributed by atoms with van der Waals surface area (Å²) in [5.41, 5.74) is 2.60. The Balaban J connectivity index is 1.56. The highest BCUT2D eigenvalue weighted by Crippen LogP contribution is 2.22. The number of carbonyl (C=O) groups is 1. The number of rotatable bonds is 6. The van der Waals surface area contributed by atoms with Gasteiger partial charge in [-0.15, -0.1) is 0 Å². The standard InChI is InChI=1S/C18H24N4O3S/c1-15-16(7-6-8-17(15)21-10-2-3-11-21)20-18(23)19-9-14-26(24,25)22-12-4-5-13-22/h2-3,6-8,10-11H,4-5,9,12-14H2,1H3,(H2,19,20,23). The zero-order chi connectivity index (χ0) is 18.6. The third kappa shape index (κ3) is 4.25. The molecule has 0 atom stereocenters. The quantitative estimate of drug-likeness (QED) is 0.812.